The summed E-state index contributed by atoms with van der Waals surface area (Å²) in [5.41, 5.74) is 0.913. The summed E-state index contributed by atoms with van der Waals surface area (Å²) in [6.07, 6.45) is 0. The van der Waals surface area contributed by atoms with Gasteiger partial charge in [0.05, 0.1) is 5.01 Å². The number of oxime groups is 1. The summed E-state index contributed by atoms with van der Waals surface area (Å²) in [7, 11) is 1.41. The van der Waals surface area contributed by atoms with Crippen LogP contribution in [0.1, 0.15) is 22.5 Å². The fourth-order valence-electron chi connectivity index (χ4n) is 1.11. The number of thiazole rings is 1. The lowest BCUT2D eigenvalue weighted by Crippen LogP contribution is -2.13. The molecule has 76 valence electrons. The van der Waals surface area contributed by atoms with Crippen LogP contribution in [0.25, 0.3) is 0 Å². The molecule has 0 amide bonds. The van der Waals surface area contributed by atoms with E-state index in [2.05, 4.69) is 15.0 Å². The molecule has 0 radical (unpaired) electrons. The van der Waals surface area contributed by atoms with E-state index in [0.717, 1.165) is 9.88 Å². The van der Waals surface area contributed by atoms with Crippen molar-refractivity contribution in [3.05, 3.63) is 15.6 Å². The van der Waals surface area contributed by atoms with Crippen molar-refractivity contribution in [1.29, 1.82) is 0 Å². The lowest BCUT2D eigenvalue weighted by atomic mass is 10.2. The van der Waals surface area contributed by atoms with Gasteiger partial charge in [0.15, 0.2) is 11.5 Å². The molecular weight excluding hydrogens is 200 g/mol. The minimum absolute atomic E-state index is 0.139. The van der Waals surface area contributed by atoms with E-state index >= 15 is 0 Å². The predicted molar refractivity (Wildman–Crippen MR) is 55.8 cm³/mol. The Morgan fingerprint density at radius 2 is 2.14 bits per heavy atom. The Morgan fingerprint density at radius 1 is 1.50 bits per heavy atom. The number of carbonyl (C=O) groups excluding carboxylic acids is 1. The van der Waals surface area contributed by atoms with E-state index in [1.165, 1.54) is 14.0 Å². The lowest BCUT2D eigenvalue weighted by molar-refractivity contribution is -0.111. The Labute approximate surface area is 86.6 Å². The third-order valence-electron chi connectivity index (χ3n) is 1.64. The van der Waals surface area contributed by atoms with Gasteiger partial charge >= 0.3 is 0 Å². The second-order valence-electron chi connectivity index (χ2n) is 2.82. The van der Waals surface area contributed by atoms with Crippen molar-refractivity contribution >= 4 is 22.8 Å². The Morgan fingerprint density at radius 3 is 2.50 bits per heavy atom. The fraction of sp³-hybridized carbons (Fsp3) is 0.444. The number of Topliss-reactive ketones (excluding diaryl/α,β-unsaturated/α-hetero) is 1. The second kappa shape index (κ2) is 4.32. The molecule has 0 spiro atoms. The largest absolute Gasteiger partial charge is 0.398 e. The van der Waals surface area contributed by atoms with Gasteiger partial charge in [0.1, 0.15) is 12.8 Å². The smallest absolute Gasteiger partial charge is 0.183 e. The molecule has 1 rings (SSSR count). The zero-order valence-electron chi connectivity index (χ0n) is 8.62. The molecule has 0 bridgehead atoms. The number of rotatable bonds is 3. The molecule has 0 fully saturated rings. The maximum absolute atomic E-state index is 11.2. The standard InChI is InChI=1S/C9H12N2O2S/c1-5(12)8(11-13-4)9-6(2)14-7(3)10-9/h1-4H3/b11-8-. The molecule has 1 aromatic rings. The molecule has 5 heteroatoms. The van der Waals surface area contributed by atoms with Crippen LogP contribution in [0.4, 0.5) is 0 Å². The van der Waals surface area contributed by atoms with Gasteiger partial charge < -0.3 is 4.84 Å². The molecular formula is C9H12N2O2S. The monoisotopic (exact) mass is 212 g/mol. The van der Waals surface area contributed by atoms with Crippen LogP contribution in [0, 0.1) is 13.8 Å². The zero-order chi connectivity index (χ0) is 10.7. The maximum atomic E-state index is 11.2. The number of hydrogen-bond donors (Lipinski definition) is 0. The Bertz CT molecular complexity index is 382. The maximum Gasteiger partial charge on any atom is 0.183 e. The minimum atomic E-state index is -0.139. The molecule has 0 aromatic carbocycles. The molecule has 14 heavy (non-hydrogen) atoms. The molecule has 0 aliphatic rings. The van der Waals surface area contributed by atoms with Gasteiger partial charge in [0.2, 0.25) is 0 Å². The normalized spacial score (nSPS) is 11.6. The van der Waals surface area contributed by atoms with Crippen molar-refractivity contribution in [2.75, 3.05) is 7.11 Å². The first-order valence-corrected chi connectivity index (χ1v) is 4.94. The topological polar surface area (TPSA) is 51.5 Å². The third-order valence-corrected chi connectivity index (χ3v) is 2.53. The van der Waals surface area contributed by atoms with Crippen molar-refractivity contribution < 1.29 is 9.63 Å². The molecule has 0 saturated carbocycles. The summed E-state index contributed by atoms with van der Waals surface area (Å²) in [5, 5.41) is 4.60. The van der Waals surface area contributed by atoms with Gasteiger partial charge in [-0.1, -0.05) is 5.16 Å². The quantitative estimate of drug-likeness (QED) is 0.566. The second-order valence-corrected chi connectivity index (χ2v) is 4.22. The molecule has 0 atom stereocenters. The number of aromatic nitrogens is 1. The van der Waals surface area contributed by atoms with Gasteiger partial charge in [0.25, 0.3) is 0 Å². The van der Waals surface area contributed by atoms with E-state index in [9.17, 15) is 4.79 Å². The molecule has 0 N–H and O–H groups in total. The minimum Gasteiger partial charge on any atom is -0.398 e. The van der Waals surface area contributed by atoms with Crippen molar-refractivity contribution in [2.24, 2.45) is 5.16 Å². The average Bonchev–Trinajstić information content (AvgIpc) is 2.40. The van der Waals surface area contributed by atoms with Crippen LogP contribution in [-0.2, 0) is 9.63 Å². The molecule has 0 saturated heterocycles. The van der Waals surface area contributed by atoms with E-state index in [1.807, 2.05) is 13.8 Å². The Kier molecular flexibility index (Phi) is 3.35. The summed E-state index contributed by atoms with van der Waals surface area (Å²) < 4.78 is 0. The van der Waals surface area contributed by atoms with Gasteiger partial charge in [-0.15, -0.1) is 11.3 Å². The number of hydrogen-bond acceptors (Lipinski definition) is 5. The van der Waals surface area contributed by atoms with E-state index in [0.29, 0.717) is 5.69 Å². The van der Waals surface area contributed by atoms with Crippen molar-refractivity contribution in [3.8, 4) is 0 Å². The Balaban J connectivity index is 3.18. The zero-order valence-corrected chi connectivity index (χ0v) is 9.44. The van der Waals surface area contributed by atoms with E-state index in [1.54, 1.807) is 11.3 Å². The van der Waals surface area contributed by atoms with Crippen LogP contribution in [0.3, 0.4) is 0 Å². The van der Waals surface area contributed by atoms with E-state index < -0.39 is 0 Å². The highest BCUT2D eigenvalue weighted by atomic mass is 32.1. The van der Waals surface area contributed by atoms with Gasteiger partial charge in [-0.05, 0) is 13.8 Å². The summed E-state index contributed by atoms with van der Waals surface area (Å²) in [6.45, 7) is 5.26. The first kappa shape index (κ1) is 10.8. The highest BCUT2D eigenvalue weighted by Gasteiger charge is 2.16. The predicted octanol–water partition coefficient (Wildman–Crippen LogP) is 1.70. The third kappa shape index (κ3) is 2.17. The first-order chi connectivity index (χ1) is 6.56. The molecule has 0 unspecified atom stereocenters. The summed E-state index contributed by atoms with van der Waals surface area (Å²) >= 11 is 1.54. The van der Waals surface area contributed by atoms with Crippen LogP contribution >= 0.6 is 11.3 Å². The Hall–Kier alpha value is -1.23. The first-order valence-electron chi connectivity index (χ1n) is 4.12. The van der Waals surface area contributed by atoms with Gasteiger partial charge in [-0.25, -0.2) is 4.98 Å². The lowest BCUT2D eigenvalue weighted by Gasteiger charge is -1.98. The van der Waals surface area contributed by atoms with Crippen molar-refractivity contribution in [2.45, 2.75) is 20.8 Å². The molecule has 1 heterocycles. The van der Waals surface area contributed by atoms with Crippen LogP contribution in [0.15, 0.2) is 5.16 Å². The summed E-state index contributed by atoms with van der Waals surface area (Å²) in [5.74, 6) is -0.139. The van der Waals surface area contributed by atoms with Gasteiger partial charge in [0, 0.05) is 11.8 Å². The summed E-state index contributed by atoms with van der Waals surface area (Å²) in [6, 6.07) is 0. The van der Waals surface area contributed by atoms with Crippen molar-refractivity contribution in [1.82, 2.24) is 4.98 Å². The number of nitrogens with zero attached hydrogens (tertiary/aromatic N) is 2. The highest BCUT2D eigenvalue weighted by Crippen LogP contribution is 2.17. The van der Waals surface area contributed by atoms with Gasteiger partial charge in [-0.3, -0.25) is 4.79 Å². The van der Waals surface area contributed by atoms with Crippen LogP contribution in [0.5, 0.6) is 0 Å². The van der Waals surface area contributed by atoms with Crippen LogP contribution in [0.2, 0.25) is 0 Å². The van der Waals surface area contributed by atoms with Crippen LogP contribution < -0.4 is 0 Å². The number of carbonyl (C=O) groups is 1. The molecule has 0 aliphatic carbocycles. The fourth-order valence-corrected chi connectivity index (χ4v) is 1.93. The van der Waals surface area contributed by atoms with E-state index in [4.69, 9.17) is 0 Å². The van der Waals surface area contributed by atoms with Crippen molar-refractivity contribution in [3.63, 3.8) is 0 Å². The molecule has 1 aromatic heterocycles. The van der Waals surface area contributed by atoms with E-state index in [-0.39, 0.29) is 11.5 Å². The SMILES string of the molecule is CO/N=C(/C(C)=O)c1nc(C)sc1C. The number of ketones is 1. The van der Waals surface area contributed by atoms with Gasteiger partial charge in [-0.2, -0.15) is 0 Å². The molecule has 0 aliphatic heterocycles. The molecule has 4 nitrogen and oxygen atoms in total. The summed E-state index contributed by atoms with van der Waals surface area (Å²) in [4.78, 5) is 21.1. The average molecular weight is 212 g/mol. The van der Waals surface area contributed by atoms with Crippen LogP contribution in [-0.4, -0.2) is 23.6 Å². The number of aryl methyl sites for hydroxylation is 2. The highest BCUT2D eigenvalue weighted by molar-refractivity contribution is 7.11.